The zero-order valence-electron chi connectivity index (χ0n) is 11.7. The summed E-state index contributed by atoms with van der Waals surface area (Å²) >= 11 is 1.83. The minimum absolute atomic E-state index is 0.395. The molecule has 0 amide bonds. The van der Waals surface area contributed by atoms with Crippen LogP contribution in [0.2, 0.25) is 0 Å². The smallest absolute Gasteiger partial charge is 0.185 e. The highest BCUT2D eigenvalue weighted by Crippen LogP contribution is 2.30. The summed E-state index contributed by atoms with van der Waals surface area (Å²) < 4.78 is 0. The number of aromatic nitrogens is 1. The van der Waals surface area contributed by atoms with Crippen LogP contribution in [0.5, 0.6) is 0 Å². The van der Waals surface area contributed by atoms with Gasteiger partial charge in [0.05, 0.1) is 5.69 Å². The Balaban J connectivity index is 2.89. The number of nitrogens with one attached hydrogen (secondary N) is 1. The minimum atomic E-state index is 0.395. The molecule has 17 heavy (non-hydrogen) atoms. The van der Waals surface area contributed by atoms with Crippen LogP contribution in [0.1, 0.15) is 50.2 Å². The van der Waals surface area contributed by atoms with Gasteiger partial charge in [0.25, 0.3) is 0 Å². The van der Waals surface area contributed by atoms with Gasteiger partial charge in [-0.25, -0.2) is 4.98 Å². The van der Waals surface area contributed by atoms with Crippen molar-refractivity contribution in [1.82, 2.24) is 10.3 Å². The predicted molar refractivity (Wildman–Crippen MR) is 77.1 cm³/mol. The number of rotatable bonds is 7. The zero-order valence-corrected chi connectivity index (χ0v) is 12.5. The molecule has 1 rings (SSSR count). The summed E-state index contributed by atoms with van der Waals surface area (Å²) in [6.07, 6.45) is 2.35. The first kappa shape index (κ1) is 14.5. The summed E-state index contributed by atoms with van der Waals surface area (Å²) in [6, 6.07) is 0.395. The number of aryl methyl sites for hydroxylation is 1. The molecule has 0 saturated heterocycles. The van der Waals surface area contributed by atoms with Crippen LogP contribution >= 0.6 is 11.3 Å². The molecule has 0 saturated carbocycles. The Morgan fingerprint density at radius 1 is 1.29 bits per heavy atom. The molecule has 0 aromatic carbocycles. The van der Waals surface area contributed by atoms with E-state index in [4.69, 9.17) is 4.98 Å². The molecule has 0 aliphatic carbocycles. The van der Waals surface area contributed by atoms with Crippen LogP contribution in [0.25, 0.3) is 0 Å². The van der Waals surface area contributed by atoms with Crippen LogP contribution in [0.4, 0.5) is 5.13 Å². The van der Waals surface area contributed by atoms with Gasteiger partial charge in [-0.2, -0.15) is 0 Å². The van der Waals surface area contributed by atoms with Gasteiger partial charge in [0.1, 0.15) is 0 Å². The van der Waals surface area contributed by atoms with Gasteiger partial charge < -0.3 is 10.2 Å². The number of hydrogen-bond donors (Lipinski definition) is 1. The fourth-order valence-corrected chi connectivity index (χ4v) is 3.08. The van der Waals surface area contributed by atoms with E-state index in [1.165, 1.54) is 28.5 Å². The molecule has 3 nitrogen and oxygen atoms in total. The van der Waals surface area contributed by atoms with Gasteiger partial charge >= 0.3 is 0 Å². The third kappa shape index (κ3) is 3.68. The van der Waals surface area contributed by atoms with Crippen molar-refractivity contribution < 1.29 is 0 Å². The Bertz CT molecular complexity index is 329. The second-order valence-corrected chi connectivity index (χ2v) is 5.45. The standard InChI is InChI=1S/C13H25N3S/c1-6-8-16(9-7-2)13-15-11(4)12(17-13)10(3)14-5/h10,14H,6-9H2,1-5H3. The normalized spacial score (nSPS) is 12.8. The first-order valence-corrected chi connectivity index (χ1v) is 7.35. The van der Waals surface area contributed by atoms with Crippen molar-refractivity contribution in [1.29, 1.82) is 0 Å². The first-order chi connectivity index (χ1) is 8.13. The molecule has 0 aliphatic rings. The molecular weight excluding hydrogens is 230 g/mol. The van der Waals surface area contributed by atoms with Crippen molar-refractivity contribution in [3.05, 3.63) is 10.6 Å². The van der Waals surface area contributed by atoms with Crippen molar-refractivity contribution in [2.24, 2.45) is 0 Å². The molecule has 1 heterocycles. The van der Waals surface area contributed by atoms with E-state index in [-0.39, 0.29) is 0 Å². The fourth-order valence-electron chi connectivity index (χ4n) is 1.90. The van der Waals surface area contributed by atoms with Crippen molar-refractivity contribution in [3.63, 3.8) is 0 Å². The molecule has 0 radical (unpaired) electrons. The topological polar surface area (TPSA) is 28.2 Å². The highest BCUT2D eigenvalue weighted by molar-refractivity contribution is 7.15. The zero-order chi connectivity index (χ0) is 12.8. The van der Waals surface area contributed by atoms with Crippen LogP contribution in [0.3, 0.4) is 0 Å². The average molecular weight is 255 g/mol. The second kappa shape index (κ2) is 6.97. The molecule has 1 aromatic heterocycles. The van der Waals surface area contributed by atoms with E-state index in [0.717, 1.165) is 13.1 Å². The monoisotopic (exact) mass is 255 g/mol. The summed E-state index contributed by atoms with van der Waals surface area (Å²) in [5.74, 6) is 0. The molecule has 1 atom stereocenters. The highest BCUT2D eigenvalue weighted by Gasteiger charge is 2.16. The molecule has 1 unspecified atom stereocenters. The highest BCUT2D eigenvalue weighted by atomic mass is 32.1. The summed E-state index contributed by atoms with van der Waals surface area (Å²) in [5, 5.41) is 4.47. The van der Waals surface area contributed by atoms with E-state index >= 15 is 0 Å². The Morgan fingerprint density at radius 2 is 1.88 bits per heavy atom. The summed E-state index contributed by atoms with van der Waals surface area (Å²) in [5.41, 5.74) is 1.17. The van der Waals surface area contributed by atoms with Crippen LogP contribution < -0.4 is 10.2 Å². The predicted octanol–water partition coefficient (Wildman–Crippen LogP) is 3.36. The van der Waals surface area contributed by atoms with E-state index in [9.17, 15) is 0 Å². The van der Waals surface area contributed by atoms with Crippen molar-refractivity contribution >= 4 is 16.5 Å². The Morgan fingerprint density at radius 3 is 2.35 bits per heavy atom. The maximum absolute atomic E-state index is 4.72. The van der Waals surface area contributed by atoms with Crippen LogP contribution in [-0.4, -0.2) is 25.1 Å². The van der Waals surface area contributed by atoms with Crippen LogP contribution in [0, 0.1) is 6.92 Å². The van der Waals surface area contributed by atoms with Gasteiger partial charge in [0, 0.05) is 24.0 Å². The lowest BCUT2D eigenvalue weighted by Crippen LogP contribution is -2.24. The van der Waals surface area contributed by atoms with Gasteiger partial charge in [-0.05, 0) is 33.7 Å². The second-order valence-electron chi connectivity index (χ2n) is 4.44. The van der Waals surface area contributed by atoms with Gasteiger partial charge in [0.2, 0.25) is 0 Å². The summed E-state index contributed by atoms with van der Waals surface area (Å²) in [6.45, 7) is 11.0. The maximum Gasteiger partial charge on any atom is 0.185 e. The van der Waals surface area contributed by atoms with Gasteiger partial charge in [-0.1, -0.05) is 13.8 Å². The molecule has 1 N–H and O–H groups in total. The van der Waals surface area contributed by atoms with E-state index in [1.54, 1.807) is 0 Å². The number of nitrogens with zero attached hydrogens (tertiary/aromatic N) is 2. The first-order valence-electron chi connectivity index (χ1n) is 6.53. The fraction of sp³-hybridized carbons (Fsp3) is 0.769. The Labute approximate surface area is 109 Å². The summed E-state index contributed by atoms with van der Waals surface area (Å²) in [7, 11) is 2.00. The van der Waals surface area contributed by atoms with Crippen molar-refractivity contribution in [2.75, 3.05) is 25.0 Å². The third-order valence-corrected chi connectivity index (χ3v) is 4.31. The molecule has 98 valence electrons. The van der Waals surface area contributed by atoms with E-state index < -0.39 is 0 Å². The van der Waals surface area contributed by atoms with Crippen molar-refractivity contribution in [2.45, 2.75) is 46.6 Å². The molecular formula is C13H25N3S. The van der Waals surface area contributed by atoms with Crippen LogP contribution in [0.15, 0.2) is 0 Å². The number of anilines is 1. The Kier molecular flexibility index (Phi) is 5.92. The molecule has 0 bridgehead atoms. The Hall–Kier alpha value is -0.610. The lowest BCUT2D eigenvalue weighted by atomic mass is 10.2. The van der Waals surface area contributed by atoms with Gasteiger partial charge in [-0.15, -0.1) is 11.3 Å². The molecule has 0 aliphatic heterocycles. The molecule has 1 aromatic rings. The average Bonchev–Trinajstić information content (AvgIpc) is 2.70. The lowest BCUT2D eigenvalue weighted by Gasteiger charge is -2.20. The lowest BCUT2D eigenvalue weighted by molar-refractivity contribution is 0.658. The number of hydrogen-bond acceptors (Lipinski definition) is 4. The largest absolute Gasteiger partial charge is 0.348 e. The molecule has 0 fully saturated rings. The molecule has 0 spiro atoms. The van der Waals surface area contributed by atoms with E-state index in [2.05, 4.69) is 37.9 Å². The van der Waals surface area contributed by atoms with Crippen molar-refractivity contribution in [3.8, 4) is 0 Å². The SMILES string of the molecule is CCCN(CCC)c1nc(C)c(C(C)NC)s1. The minimum Gasteiger partial charge on any atom is -0.348 e. The van der Waals surface area contributed by atoms with Gasteiger partial charge in [-0.3, -0.25) is 0 Å². The maximum atomic E-state index is 4.72. The van der Waals surface area contributed by atoms with E-state index in [1.807, 2.05) is 18.4 Å². The third-order valence-electron chi connectivity index (χ3n) is 2.91. The summed E-state index contributed by atoms with van der Waals surface area (Å²) in [4.78, 5) is 8.49. The molecule has 4 heteroatoms. The number of thiazole rings is 1. The van der Waals surface area contributed by atoms with E-state index in [0.29, 0.717) is 6.04 Å². The quantitative estimate of drug-likeness (QED) is 0.810. The van der Waals surface area contributed by atoms with Gasteiger partial charge in [0.15, 0.2) is 5.13 Å². The van der Waals surface area contributed by atoms with Crippen LogP contribution in [-0.2, 0) is 0 Å².